The Bertz CT molecular complexity index is 102. The molecule has 10 heavy (non-hydrogen) atoms. The van der Waals surface area contributed by atoms with Crippen LogP contribution in [-0.4, -0.2) is 12.7 Å². The molecule has 0 bridgehead atoms. The lowest BCUT2D eigenvalue weighted by atomic mass is 9.99. The van der Waals surface area contributed by atoms with Gasteiger partial charge in [0.15, 0.2) is 0 Å². The van der Waals surface area contributed by atoms with Gasteiger partial charge in [0.05, 0.1) is 5.92 Å². The highest BCUT2D eigenvalue weighted by Crippen LogP contribution is 2.16. The van der Waals surface area contributed by atoms with E-state index in [4.69, 9.17) is 0 Å². The molecule has 0 aliphatic heterocycles. The highest BCUT2D eigenvalue weighted by molar-refractivity contribution is 5.53. The molecule has 0 aromatic rings. The Morgan fingerprint density at radius 1 is 1.40 bits per heavy atom. The summed E-state index contributed by atoms with van der Waals surface area (Å²) in [4.78, 5) is 10.0. The van der Waals surface area contributed by atoms with Gasteiger partial charge in [0.1, 0.15) is 6.29 Å². The first kappa shape index (κ1) is 9.53. The number of alkyl halides is 2. The molecule has 1 unspecified atom stereocenters. The third-order valence-electron chi connectivity index (χ3n) is 1.24. The number of hydrogen-bond donors (Lipinski definition) is 0. The lowest BCUT2D eigenvalue weighted by Crippen LogP contribution is -2.14. The van der Waals surface area contributed by atoms with Crippen molar-refractivity contribution >= 4 is 6.29 Å². The standard InChI is InChI=1S/C7H12F2O/c1-5(2)3-6(4-10)7(8)9/h4-7H,3H2,1-2H3. The molecule has 0 amide bonds. The van der Waals surface area contributed by atoms with Crippen LogP contribution in [0.3, 0.4) is 0 Å². The molecule has 1 atom stereocenters. The molecule has 0 fully saturated rings. The average molecular weight is 150 g/mol. The van der Waals surface area contributed by atoms with Crippen LogP contribution in [0.25, 0.3) is 0 Å². The van der Waals surface area contributed by atoms with Crippen LogP contribution in [-0.2, 0) is 4.79 Å². The van der Waals surface area contributed by atoms with E-state index in [0.717, 1.165) is 0 Å². The molecule has 0 saturated carbocycles. The molecule has 60 valence electrons. The smallest absolute Gasteiger partial charge is 0.248 e. The van der Waals surface area contributed by atoms with Gasteiger partial charge in [0.2, 0.25) is 6.43 Å². The Hall–Kier alpha value is -0.470. The second-order valence-electron chi connectivity index (χ2n) is 2.76. The van der Waals surface area contributed by atoms with Crippen LogP contribution >= 0.6 is 0 Å². The van der Waals surface area contributed by atoms with Crippen molar-refractivity contribution in [3.63, 3.8) is 0 Å². The van der Waals surface area contributed by atoms with Gasteiger partial charge in [-0.1, -0.05) is 13.8 Å². The molecule has 0 heterocycles. The molecule has 0 saturated heterocycles. The summed E-state index contributed by atoms with van der Waals surface area (Å²) in [6.45, 7) is 3.64. The van der Waals surface area contributed by atoms with E-state index in [0.29, 0.717) is 6.29 Å². The summed E-state index contributed by atoms with van der Waals surface area (Å²) >= 11 is 0. The van der Waals surface area contributed by atoms with Crippen molar-refractivity contribution in [2.24, 2.45) is 11.8 Å². The predicted molar refractivity (Wildman–Crippen MR) is 35.0 cm³/mol. The van der Waals surface area contributed by atoms with E-state index >= 15 is 0 Å². The number of carbonyl (C=O) groups excluding carboxylic acids is 1. The van der Waals surface area contributed by atoms with Gasteiger partial charge in [-0.2, -0.15) is 0 Å². The molecular weight excluding hydrogens is 138 g/mol. The normalized spacial score (nSPS) is 14.2. The highest BCUT2D eigenvalue weighted by atomic mass is 19.3. The Morgan fingerprint density at radius 2 is 1.90 bits per heavy atom. The van der Waals surface area contributed by atoms with E-state index in [2.05, 4.69) is 0 Å². The zero-order valence-corrected chi connectivity index (χ0v) is 6.18. The van der Waals surface area contributed by atoms with Gasteiger partial charge in [-0.15, -0.1) is 0 Å². The quantitative estimate of drug-likeness (QED) is 0.561. The van der Waals surface area contributed by atoms with Gasteiger partial charge in [0.25, 0.3) is 0 Å². The molecule has 0 aromatic heterocycles. The van der Waals surface area contributed by atoms with Gasteiger partial charge in [-0.25, -0.2) is 8.78 Å². The summed E-state index contributed by atoms with van der Waals surface area (Å²) in [5.74, 6) is -0.913. The zero-order chi connectivity index (χ0) is 8.15. The van der Waals surface area contributed by atoms with Crippen LogP contribution in [0.2, 0.25) is 0 Å². The van der Waals surface area contributed by atoms with E-state index in [9.17, 15) is 13.6 Å². The van der Waals surface area contributed by atoms with Crippen molar-refractivity contribution in [2.75, 3.05) is 0 Å². The first-order chi connectivity index (χ1) is 4.57. The fraction of sp³-hybridized carbons (Fsp3) is 0.857. The molecule has 3 heteroatoms. The number of carbonyl (C=O) groups is 1. The van der Waals surface area contributed by atoms with Crippen LogP contribution < -0.4 is 0 Å². The van der Waals surface area contributed by atoms with Gasteiger partial charge in [0, 0.05) is 0 Å². The molecule has 0 rings (SSSR count). The second kappa shape index (κ2) is 4.36. The maximum Gasteiger partial charge on any atom is 0.248 e. The first-order valence-electron chi connectivity index (χ1n) is 3.31. The summed E-state index contributed by atoms with van der Waals surface area (Å²) < 4.78 is 23.7. The summed E-state index contributed by atoms with van der Waals surface area (Å²) in [6, 6.07) is 0. The summed E-state index contributed by atoms with van der Waals surface area (Å²) in [6.07, 6.45) is -1.88. The van der Waals surface area contributed by atoms with Gasteiger partial charge in [-0.3, -0.25) is 0 Å². The SMILES string of the molecule is CC(C)CC(C=O)C(F)F. The summed E-state index contributed by atoms with van der Waals surface area (Å²) in [5, 5.41) is 0. The Morgan fingerprint density at radius 3 is 2.00 bits per heavy atom. The molecule has 1 nitrogen and oxygen atoms in total. The number of hydrogen-bond acceptors (Lipinski definition) is 1. The molecule has 0 aromatic carbocycles. The van der Waals surface area contributed by atoms with Crippen molar-refractivity contribution in [3.05, 3.63) is 0 Å². The van der Waals surface area contributed by atoms with Crippen molar-refractivity contribution in [3.8, 4) is 0 Å². The van der Waals surface area contributed by atoms with Gasteiger partial charge < -0.3 is 4.79 Å². The van der Waals surface area contributed by atoms with E-state index in [-0.39, 0.29) is 12.3 Å². The summed E-state index contributed by atoms with van der Waals surface area (Å²) in [5.41, 5.74) is 0. The van der Waals surface area contributed by atoms with Crippen LogP contribution in [0.1, 0.15) is 20.3 Å². The summed E-state index contributed by atoms with van der Waals surface area (Å²) in [7, 11) is 0. The molecule has 0 aliphatic carbocycles. The fourth-order valence-electron chi connectivity index (χ4n) is 0.762. The van der Waals surface area contributed by atoms with E-state index in [1.807, 2.05) is 13.8 Å². The number of rotatable bonds is 4. The van der Waals surface area contributed by atoms with E-state index in [1.165, 1.54) is 0 Å². The second-order valence-corrected chi connectivity index (χ2v) is 2.76. The topological polar surface area (TPSA) is 17.1 Å². The van der Waals surface area contributed by atoms with Gasteiger partial charge >= 0.3 is 0 Å². The Labute approximate surface area is 59.4 Å². The monoisotopic (exact) mass is 150 g/mol. The molecule has 0 radical (unpaired) electrons. The third-order valence-corrected chi connectivity index (χ3v) is 1.24. The van der Waals surface area contributed by atoms with Crippen molar-refractivity contribution in [1.29, 1.82) is 0 Å². The predicted octanol–water partition coefficient (Wildman–Crippen LogP) is 2.11. The minimum Gasteiger partial charge on any atom is -0.303 e. The third kappa shape index (κ3) is 3.54. The Balaban J connectivity index is 3.71. The number of halogens is 2. The van der Waals surface area contributed by atoms with Crippen molar-refractivity contribution in [2.45, 2.75) is 26.7 Å². The first-order valence-corrected chi connectivity index (χ1v) is 3.31. The maximum atomic E-state index is 11.8. The van der Waals surface area contributed by atoms with E-state index < -0.39 is 12.3 Å². The average Bonchev–Trinajstić information content (AvgIpc) is 1.81. The van der Waals surface area contributed by atoms with Crippen LogP contribution in [0.5, 0.6) is 0 Å². The lowest BCUT2D eigenvalue weighted by molar-refractivity contribution is -0.116. The minimum atomic E-state index is -2.50. The van der Waals surface area contributed by atoms with Crippen LogP contribution in [0.15, 0.2) is 0 Å². The molecule has 0 N–H and O–H groups in total. The van der Waals surface area contributed by atoms with Crippen molar-refractivity contribution in [1.82, 2.24) is 0 Å². The molecular formula is C7H12F2O. The zero-order valence-electron chi connectivity index (χ0n) is 6.18. The molecule has 0 spiro atoms. The lowest BCUT2D eigenvalue weighted by Gasteiger charge is -2.10. The van der Waals surface area contributed by atoms with Crippen LogP contribution in [0, 0.1) is 11.8 Å². The number of aldehydes is 1. The highest BCUT2D eigenvalue weighted by Gasteiger charge is 2.19. The van der Waals surface area contributed by atoms with E-state index in [1.54, 1.807) is 0 Å². The fourth-order valence-corrected chi connectivity index (χ4v) is 0.762. The Kier molecular flexibility index (Phi) is 4.16. The maximum absolute atomic E-state index is 11.8. The largest absolute Gasteiger partial charge is 0.303 e. The van der Waals surface area contributed by atoms with Crippen molar-refractivity contribution < 1.29 is 13.6 Å². The van der Waals surface area contributed by atoms with Crippen LogP contribution in [0.4, 0.5) is 8.78 Å². The minimum absolute atomic E-state index is 0.157. The van der Waals surface area contributed by atoms with Gasteiger partial charge in [-0.05, 0) is 12.3 Å². The molecule has 0 aliphatic rings.